The van der Waals surface area contributed by atoms with Gasteiger partial charge in [0, 0.05) is 18.2 Å². The van der Waals surface area contributed by atoms with Crippen LogP contribution < -0.4 is 0 Å². The van der Waals surface area contributed by atoms with Gasteiger partial charge in [0.05, 0.1) is 22.3 Å². The number of hydrogen-bond donors (Lipinski definition) is 0. The van der Waals surface area contributed by atoms with Crippen LogP contribution in [-0.2, 0) is 20.3 Å². The highest BCUT2D eigenvalue weighted by molar-refractivity contribution is 7.85. The van der Waals surface area contributed by atoms with Crippen LogP contribution in [-0.4, -0.2) is 27.5 Å². The van der Waals surface area contributed by atoms with Gasteiger partial charge in [0.15, 0.2) is 0 Å². The van der Waals surface area contributed by atoms with Gasteiger partial charge < -0.3 is 4.74 Å². The Bertz CT molecular complexity index is 518. The monoisotopic (exact) mass is 313 g/mol. The predicted octanol–water partition coefficient (Wildman–Crippen LogP) is 2.83. The fraction of sp³-hybridized carbons (Fsp3) is 0.500. The lowest BCUT2D eigenvalue weighted by molar-refractivity contribution is -0.387. The van der Waals surface area contributed by atoms with Crippen LogP contribution in [0.1, 0.15) is 32.6 Å². The third kappa shape index (κ3) is 6.03. The van der Waals surface area contributed by atoms with Crippen LogP contribution in [0.15, 0.2) is 29.2 Å². The molecular weight excluding hydrogens is 294 g/mol. The molecule has 0 radical (unpaired) electrons. The molecule has 0 saturated heterocycles. The summed E-state index contributed by atoms with van der Waals surface area (Å²) in [6, 6.07) is 6.07. The molecule has 1 aromatic rings. The molecule has 1 atom stereocenters. The highest BCUT2D eigenvalue weighted by Gasteiger charge is 2.17. The maximum Gasteiger partial charge on any atom is 0.305 e. The third-order valence-corrected chi connectivity index (χ3v) is 4.32. The first-order valence-corrected chi connectivity index (χ1v) is 8.15. The van der Waals surface area contributed by atoms with Crippen molar-refractivity contribution in [3.63, 3.8) is 0 Å². The molecule has 0 aliphatic heterocycles. The fourth-order valence-electron chi connectivity index (χ4n) is 1.82. The zero-order chi connectivity index (χ0) is 15.7. The predicted molar refractivity (Wildman–Crippen MR) is 79.5 cm³/mol. The second kappa shape index (κ2) is 9.23. The number of nitro groups is 1. The van der Waals surface area contributed by atoms with Crippen molar-refractivity contribution in [3.8, 4) is 0 Å². The van der Waals surface area contributed by atoms with E-state index >= 15 is 0 Å². The van der Waals surface area contributed by atoms with Crippen LogP contribution in [0.2, 0.25) is 0 Å². The van der Waals surface area contributed by atoms with E-state index in [0.29, 0.717) is 31.6 Å². The van der Waals surface area contributed by atoms with Crippen LogP contribution >= 0.6 is 0 Å². The number of rotatable bonds is 9. The van der Waals surface area contributed by atoms with E-state index in [0.717, 1.165) is 6.42 Å². The van der Waals surface area contributed by atoms with Gasteiger partial charge in [-0.15, -0.1) is 0 Å². The molecule has 0 aliphatic rings. The van der Waals surface area contributed by atoms with Crippen LogP contribution in [0.5, 0.6) is 0 Å². The van der Waals surface area contributed by atoms with Crippen molar-refractivity contribution in [1.29, 1.82) is 0 Å². The number of carbonyl (C=O) groups is 1. The summed E-state index contributed by atoms with van der Waals surface area (Å²) < 4.78 is 16.9. The fourth-order valence-corrected chi connectivity index (χ4v) is 3.12. The zero-order valence-electron chi connectivity index (χ0n) is 11.9. The number of ether oxygens (including phenoxy) is 1. The van der Waals surface area contributed by atoms with E-state index in [9.17, 15) is 19.1 Å². The van der Waals surface area contributed by atoms with Gasteiger partial charge in [-0.3, -0.25) is 19.1 Å². The number of esters is 1. The topological polar surface area (TPSA) is 86.5 Å². The Labute approximate surface area is 126 Å². The average Bonchev–Trinajstić information content (AvgIpc) is 2.47. The molecule has 0 N–H and O–H groups in total. The maximum absolute atomic E-state index is 12.1. The minimum Gasteiger partial charge on any atom is -0.466 e. The SMILES string of the molecule is CCOC(=O)CCCCCS(=O)c1ccccc1[N+](=O)[O-]. The van der Waals surface area contributed by atoms with Crippen molar-refractivity contribution in [2.75, 3.05) is 12.4 Å². The maximum atomic E-state index is 12.1. The lowest BCUT2D eigenvalue weighted by Crippen LogP contribution is -2.04. The standard InChI is InChI=1S/C14H19NO5S/c1-2-20-14(16)10-4-3-7-11-21(19)13-9-6-5-8-12(13)15(17)18/h5-6,8-9H,2-4,7,10-11H2,1H3. The second-order valence-electron chi connectivity index (χ2n) is 4.39. The Balaban J connectivity index is 2.38. The number of nitro benzene ring substituents is 1. The molecule has 0 aliphatic carbocycles. The quantitative estimate of drug-likeness (QED) is 0.303. The van der Waals surface area contributed by atoms with Crippen LogP contribution in [0.25, 0.3) is 0 Å². The summed E-state index contributed by atoms with van der Waals surface area (Å²) in [7, 11) is -1.39. The van der Waals surface area contributed by atoms with Gasteiger partial charge in [0.1, 0.15) is 4.90 Å². The molecule has 1 unspecified atom stereocenters. The largest absolute Gasteiger partial charge is 0.466 e. The van der Waals surface area contributed by atoms with Crippen molar-refractivity contribution >= 4 is 22.5 Å². The number of para-hydroxylation sites is 1. The third-order valence-electron chi connectivity index (χ3n) is 2.82. The number of nitrogens with zero attached hydrogens (tertiary/aromatic N) is 1. The summed E-state index contributed by atoms with van der Waals surface area (Å²) in [4.78, 5) is 21.7. The van der Waals surface area contributed by atoms with Crippen LogP contribution in [0.3, 0.4) is 0 Å². The van der Waals surface area contributed by atoms with Crippen molar-refractivity contribution in [2.24, 2.45) is 0 Å². The molecule has 1 rings (SSSR count). The highest BCUT2D eigenvalue weighted by atomic mass is 32.2. The zero-order valence-corrected chi connectivity index (χ0v) is 12.8. The number of benzene rings is 1. The summed E-state index contributed by atoms with van der Waals surface area (Å²) in [5.41, 5.74) is -0.109. The van der Waals surface area contributed by atoms with E-state index in [4.69, 9.17) is 4.74 Å². The Hall–Kier alpha value is -1.76. The summed E-state index contributed by atoms with van der Waals surface area (Å²) in [5, 5.41) is 10.9. The van der Waals surface area contributed by atoms with Crippen LogP contribution in [0.4, 0.5) is 5.69 Å². The normalized spacial score (nSPS) is 11.9. The van der Waals surface area contributed by atoms with E-state index in [2.05, 4.69) is 0 Å². The minimum absolute atomic E-state index is 0.109. The molecular formula is C14H19NO5S. The summed E-state index contributed by atoms with van der Waals surface area (Å²) in [6.45, 7) is 2.13. The molecule has 7 heteroatoms. The van der Waals surface area contributed by atoms with Crippen molar-refractivity contribution in [3.05, 3.63) is 34.4 Å². The summed E-state index contributed by atoms with van der Waals surface area (Å²) in [5.74, 6) is 0.130. The van der Waals surface area contributed by atoms with E-state index in [1.165, 1.54) is 12.1 Å². The first-order valence-electron chi connectivity index (χ1n) is 6.83. The van der Waals surface area contributed by atoms with Crippen molar-refractivity contribution in [2.45, 2.75) is 37.5 Å². The first-order chi connectivity index (χ1) is 10.1. The molecule has 1 aromatic carbocycles. The molecule has 0 amide bonds. The van der Waals surface area contributed by atoms with E-state index < -0.39 is 15.7 Å². The van der Waals surface area contributed by atoms with Gasteiger partial charge in [-0.2, -0.15) is 0 Å². The van der Waals surface area contributed by atoms with Gasteiger partial charge in [-0.25, -0.2) is 0 Å². The lowest BCUT2D eigenvalue weighted by Gasteiger charge is -2.04. The van der Waals surface area contributed by atoms with Gasteiger partial charge in [0.2, 0.25) is 0 Å². The summed E-state index contributed by atoms with van der Waals surface area (Å²) >= 11 is 0. The Kier molecular flexibility index (Phi) is 7.60. The van der Waals surface area contributed by atoms with Crippen LogP contribution in [0, 0.1) is 10.1 Å². The molecule has 116 valence electrons. The van der Waals surface area contributed by atoms with E-state index in [1.807, 2.05) is 0 Å². The second-order valence-corrected chi connectivity index (χ2v) is 5.93. The Morgan fingerprint density at radius 1 is 1.29 bits per heavy atom. The molecule has 0 heterocycles. The highest BCUT2D eigenvalue weighted by Crippen LogP contribution is 2.22. The lowest BCUT2D eigenvalue weighted by atomic mass is 10.2. The van der Waals surface area contributed by atoms with E-state index in [1.54, 1.807) is 19.1 Å². The molecule has 0 bridgehead atoms. The Morgan fingerprint density at radius 2 is 2.00 bits per heavy atom. The van der Waals surface area contributed by atoms with E-state index in [-0.39, 0.29) is 16.6 Å². The van der Waals surface area contributed by atoms with Gasteiger partial charge in [-0.1, -0.05) is 18.6 Å². The minimum atomic E-state index is -1.39. The number of hydrogen-bond acceptors (Lipinski definition) is 5. The number of unbranched alkanes of at least 4 members (excludes halogenated alkanes) is 2. The van der Waals surface area contributed by atoms with Crippen molar-refractivity contribution in [1.82, 2.24) is 0 Å². The summed E-state index contributed by atoms with van der Waals surface area (Å²) in [6.07, 6.45) is 2.42. The average molecular weight is 313 g/mol. The van der Waals surface area contributed by atoms with Crippen molar-refractivity contribution < 1.29 is 18.7 Å². The number of carbonyl (C=O) groups excluding carboxylic acids is 1. The molecule has 0 aromatic heterocycles. The molecule has 0 fully saturated rings. The molecule has 0 saturated carbocycles. The van der Waals surface area contributed by atoms with Gasteiger partial charge in [0.25, 0.3) is 5.69 Å². The molecule has 6 nitrogen and oxygen atoms in total. The molecule has 0 spiro atoms. The van der Waals surface area contributed by atoms with Gasteiger partial charge >= 0.3 is 5.97 Å². The first kappa shape index (κ1) is 17.3. The smallest absolute Gasteiger partial charge is 0.305 e. The molecule has 21 heavy (non-hydrogen) atoms. The Morgan fingerprint density at radius 3 is 2.67 bits per heavy atom. The van der Waals surface area contributed by atoms with Gasteiger partial charge in [-0.05, 0) is 25.8 Å².